The molecule has 1 amide bonds. The second kappa shape index (κ2) is 10.8. The Hall–Kier alpha value is -2.40. The molecule has 0 bridgehead atoms. The van der Waals surface area contributed by atoms with Crippen molar-refractivity contribution in [2.75, 3.05) is 38.2 Å². The highest BCUT2D eigenvalue weighted by molar-refractivity contribution is 5.94. The average molecular weight is 422 g/mol. The summed E-state index contributed by atoms with van der Waals surface area (Å²) in [6, 6.07) is 14.2. The van der Waals surface area contributed by atoms with Crippen LogP contribution in [0.1, 0.15) is 56.4 Å². The number of likely N-dealkylation sites (tertiary alicyclic amines) is 1. The molecule has 1 aliphatic heterocycles. The molecule has 1 aromatic heterocycles. The summed E-state index contributed by atoms with van der Waals surface area (Å²) >= 11 is 0. The Bertz CT molecular complexity index is 828. The number of amides is 1. The highest BCUT2D eigenvalue weighted by Gasteiger charge is 2.29. The van der Waals surface area contributed by atoms with Gasteiger partial charge in [-0.05, 0) is 68.5 Å². The van der Waals surface area contributed by atoms with E-state index in [0.29, 0.717) is 12.5 Å². The van der Waals surface area contributed by atoms with Gasteiger partial charge in [0.1, 0.15) is 11.6 Å². The highest BCUT2D eigenvalue weighted by atomic mass is 16.5. The maximum atomic E-state index is 13.3. The molecule has 1 saturated heterocycles. The topological polar surface area (TPSA) is 45.7 Å². The Morgan fingerprint density at radius 2 is 1.77 bits per heavy atom. The van der Waals surface area contributed by atoms with Crippen LogP contribution in [0.3, 0.4) is 0 Å². The van der Waals surface area contributed by atoms with Crippen molar-refractivity contribution in [1.82, 2.24) is 9.88 Å². The molecule has 0 radical (unpaired) electrons. The van der Waals surface area contributed by atoms with Gasteiger partial charge in [-0.25, -0.2) is 4.98 Å². The van der Waals surface area contributed by atoms with Crippen LogP contribution in [-0.2, 0) is 4.79 Å². The number of hydrogen-bond acceptors (Lipinski definition) is 4. The fourth-order valence-corrected chi connectivity index (χ4v) is 5.13. The van der Waals surface area contributed by atoms with Gasteiger partial charge in [0.15, 0.2) is 0 Å². The van der Waals surface area contributed by atoms with E-state index < -0.39 is 0 Å². The molecule has 0 N–H and O–H groups in total. The van der Waals surface area contributed by atoms with Crippen LogP contribution in [0.15, 0.2) is 48.7 Å². The fourth-order valence-electron chi connectivity index (χ4n) is 5.13. The quantitative estimate of drug-likeness (QED) is 0.639. The molecule has 5 nitrogen and oxygen atoms in total. The van der Waals surface area contributed by atoms with Crippen LogP contribution in [0.2, 0.25) is 0 Å². The molecule has 4 rings (SSSR count). The first-order valence-electron chi connectivity index (χ1n) is 11.8. The van der Waals surface area contributed by atoms with E-state index in [1.54, 1.807) is 13.3 Å². The van der Waals surface area contributed by atoms with Crippen LogP contribution in [0.25, 0.3) is 0 Å². The summed E-state index contributed by atoms with van der Waals surface area (Å²) in [5.74, 6) is 2.76. The summed E-state index contributed by atoms with van der Waals surface area (Å²) in [7, 11) is 1.75. The van der Waals surface area contributed by atoms with Gasteiger partial charge >= 0.3 is 0 Å². The Morgan fingerprint density at radius 3 is 2.48 bits per heavy atom. The standard InChI is InChI=1S/C26H35N3O2/c1-31-24-12-6-5-11-23(24)21-14-17-28(18-15-21)19-20-29(25-13-7-8-16-27-25)26(30)22-9-3-2-4-10-22/h5-8,11-13,16,21-22H,2-4,9-10,14-15,17-20H2,1H3. The van der Waals surface area contributed by atoms with Gasteiger partial charge in [-0.1, -0.05) is 43.5 Å². The number of piperidine rings is 1. The first kappa shape index (κ1) is 21.8. The SMILES string of the molecule is COc1ccccc1C1CCN(CCN(C(=O)C2CCCCC2)c2ccccn2)CC1. The van der Waals surface area contributed by atoms with E-state index in [-0.39, 0.29) is 11.8 Å². The minimum absolute atomic E-state index is 0.159. The van der Waals surface area contributed by atoms with Crippen LogP contribution in [-0.4, -0.2) is 49.1 Å². The summed E-state index contributed by atoms with van der Waals surface area (Å²) in [6.45, 7) is 3.71. The monoisotopic (exact) mass is 421 g/mol. The lowest BCUT2D eigenvalue weighted by Crippen LogP contribution is -2.44. The summed E-state index contributed by atoms with van der Waals surface area (Å²) in [6.07, 6.45) is 9.68. The highest BCUT2D eigenvalue weighted by Crippen LogP contribution is 2.34. The third kappa shape index (κ3) is 5.45. The Labute approximate surface area is 186 Å². The second-order valence-corrected chi connectivity index (χ2v) is 8.87. The molecule has 0 unspecified atom stereocenters. The van der Waals surface area contributed by atoms with Crippen LogP contribution < -0.4 is 9.64 Å². The number of ether oxygens (including phenoxy) is 1. The van der Waals surface area contributed by atoms with Gasteiger partial charge in [0, 0.05) is 25.2 Å². The number of para-hydroxylation sites is 1. The maximum Gasteiger partial charge on any atom is 0.231 e. The largest absolute Gasteiger partial charge is 0.496 e. The van der Waals surface area contributed by atoms with Crippen LogP contribution >= 0.6 is 0 Å². The lowest BCUT2D eigenvalue weighted by molar-refractivity contribution is -0.123. The Morgan fingerprint density at radius 1 is 1.03 bits per heavy atom. The number of nitrogens with zero attached hydrogens (tertiary/aromatic N) is 3. The van der Waals surface area contributed by atoms with Crippen molar-refractivity contribution in [2.45, 2.75) is 50.9 Å². The number of carbonyl (C=O) groups excluding carboxylic acids is 1. The van der Waals surface area contributed by atoms with Crippen molar-refractivity contribution in [3.05, 3.63) is 54.2 Å². The third-order valence-electron chi connectivity index (χ3n) is 6.95. The van der Waals surface area contributed by atoms with Gasteiger partial charge in [-0.2, -0.15) is 0 Å². The smallest absolute Gasteiger partial charge is 0.231 e. The Balaban J connectivity index is 1.36. The zero-order valence-corrected chi connectivity index (χ0v) is 18.7. The minimum Gasteiger partial charge on any atom is -0.496 e. The lowest BCUT2D eigenvalue weighted by Gasteiger charge is -2.35. The predicted octanol–water partition coefficient (Wildman–Crippen LogP) is 4.88. The zero-order valence-electron chi connectivity index (χ0n) is 18.7. The molecule has 5 heteroatoms. The Kier molecular flexibility index (Phi) is 7.57. The van der Waals surface area contributed by atoms with Gasteiger partial charge in [-0.15, -0.1) is 0 Å². The number of aromatic nitrogens is 1. The van der Waals surface area contributed by atoms with E-state index >= 15 is 0 Å². The number of pyridine rings is 1. The van der Waals surface area contributed by atoms with Gasteiger partial charge in [0.2, 0.25) is 5.91 Å². The number of benzene rings is 1. The normalized spacial score (nSPS) is 18.6. The van der Waals surface area contributed by atoms with Gasteiger partial charge in [-0.3, -0.25) is 9.69 Å². The lowest BCUT2D eigenvalue weighted by atomic mass is 9.88. The summed E-state index contributed by atoms with van der Waals surface area (Å²) < 4.78 is 5.57. The van der Waals surface area contributed by atoms with Crippen LogP contribution in [0.5, 0.6) is 5.75 Å². The fraction of sp³-hybridized carbons (Fsp3) is 0.538. The first-order chi connectivity index (χ1) is 15.3. The zero-order chi connectivity index (χ0) is 21.5. The molecule has 2 fully saturated rings. The molecule has 2 aliphatic rings. The van der Waals surface area contributed by atoms with Gasteiger partial charge in [0.25, 0.3) is 0 Å². The minimum atomic E-state index is 0.159. The van der Waals surface area contributed by atoms with Crippen molar-refractivity contribution in [1.29, 1.82) is 0 Å². The average Bonchev–Trinajstić information content (AvgIpc) is 2.85. The first-order valence-corrected chi connectivity index (χ1v) is 11.8. The molecular formula is C26H35N3O2. The molecule has 166 valence electrons. The third-order valence-corrected chi connectivity index (χ3v) is 6.95. The molecule has 2 aromatic rings. The number of carbonyl (C=O) groups is 1. The van der Waals surface area contributed by atoms with Crippen molar-refractivity contribution < 1.29 is 9.53 Å². The predicted molar refractivity (Wildman–Crippen MR) is 125 cm³/mol. The van der Waals surface area contributed by atoms with E-state index in [1.165, 1.54) is 24.8 Å². The number of anilines is 1. The van der Waals surface area contributed by atoms with Crippen molar-refractivity contribution in [2.24, 2.45) is 5.92 Å². The van der Waals surface area contributed by atoms with Gasteiger partial charge < -0.3 is 9.64 Å². The van der Waals surface area contributed by atoms with Crippen LogP contribution in [0.4, 0.5) is 5.82 Å². The van der Waals surface area contributed by atoms with Crippen molar-refractivity contribution in [3.63, 3.8) is 0 Å². The van der Waals surface area contributed by atoms with E-state index in [4.69, 9.17) is 4.74 Å². The summed E-state index contributed by atoms with van der Waals surface area (Å²) in [4.78, 5) is 22.3. The number of methoxy groups -OCH3 is 1. The number of hydrogen-bond donors (Lipinski definition) is 0. The molecule has 1 saturated carbocycles. The van der Waals surface area contributed by atoms with E-state index in [0.717, 1.165) is 56.9 Å². The molecule has 31 heavy (non-hydrogen) atoms. The number of rotatable bonds is 7. The molecule has 1 aliphatic carbocycles. The summed E-state index contributed by atoms with van der Waals surface area (Å²) in [5.41, 5.74) is 1.33. The molecule has 2 heterocycles. The van der Waals surface area contributed by atoms with E-state index in [2.05, 4.69) is 28.1 Å². The van der Waals surface area contributed by atoms with E-state index in [1.807, 2.05) is 29.2 Å². The van der Waals surface area contributed by atoms with Crippen LogP contribution in [0, 0.1) is 5.92 Å². The van der Waals surface area contributed by atoms with Crippen molar-refractivity contribution >= 4 is 11.7 Å². The molecule has 0 spiro atoms. The van der Waals surface area contributed by atoms with Crippen molar-refractivity contribution in [3.8, 4) is 5.75 Å². The molecule has 0 atom stereocenters. The van der Waals surface area contributed by atoms with E-state index in [9.17, 15) is 4.79 Å². The second-order valence-electron chi connectivity index (χ2n) is 8.87. The maximum absolute atomic E-state index is 13.3. The summed E-state index contributed by atoms with van der Waals surface area (Å²) in [5, 5.41) is 0. The van der Waals surface area contributed by atoms with Gasteiger partial charge in [0.05, 0.1) is 7.11 Å². The molecular weight excluding hydrogens is 386 g/mol. The molecule has 1 aromatic carbocycles.